The molecule has 0 amide bonds. The number of nitrogens with zero attached hydrogens (tertiary/aromatic N) is 1. The number of esters is 1. The number of methoxy groups -OCH3 is 1. The SMILES string of the molecule is COC(=O)c1cc(Oc2ccc(C(F)(F)F)cc2Cl)cc(Cl)n1. The molecule has 0 saturated heterocycles. The summed E-state index contributed by atoms with van der Waals surface area (Å²) in [4.78, 5) is 15.2. The molecule has 0 N–H and O–H groups in total. The van der Waals surface area contributed by atoms with Gasteiger partial charge >= 0.3 is 12.1 Å². The van der Waals surface area contributed by atoms with Crippen molar-refractivity contribution in [2.24, 2.45) is 0 Å². The number of ether oxygens (including phenoxy) is 2. The fraction of sp³-hybridized carbons (Fsp3) is 0.143. The summed E-state index contributed by atoms with van der Waals surface area (Å²) < 4.78 is 47.6. The Morgan fingerprint density at radius 2 is 1.87 bits per heavy atom. The van der Waals surface area contributed by atoms with Gasteiger partial charge in [0.15, 0.2) is 5.69 Å². The average Bonchev–Trinajstić information content (AvgIpc) is 2.46. The zero-order valence-electron chi connectivity index (χ0n) is 11.4. The van der Waals surface area contributed by atoms with Crippen LogP contribution in [0.1, 0.15) is 16.1 Å². The van der Waals surface area contributed by atoms with Crippen molar-refractivity contribution >= 4 is 29.2 Å². The van der Waals surface area contributed by atoms with Gasteiger partial charge in [-0.25, -0.2) is 9.78 Å². The molecule has 0 fully saturated rings. The summed E-state index contributed by atoms with van der Waals surface area (Å²) in [5.74, 6) is -0.694. The van der Waals surface area contributed by atoms with Crippen molar-refractivity contribution in [3.05, 3.63) is 51.8 Å². The van der Waals surface area contributed by atoms with Gasteiger partial charge in [-0.1, -0.05) is 23.2 Å². The molecule has 0 atom stereocenters. The Morgan fingerprint density at radius 1 is 1.17 bits per heavy atom. The van der Waals surface area contributed by atoms with Gasteiger partial charge in [0.25, 0.3) is 0 Å². The van der Waals surface area contributed by atoms with Crippen molar-refractivity contribution in [1.29, 1.82) is 0 Å². The first-order chi connectivity index (χ1) is 10.7. The van der Waals surface area contributed by atoms with Crippen LogP contribution < -0.4 is 4.74 Å². The lowest BCUT2D eigenvalue weighted by Crippen LogP contribution is -2.05. The number of carbonyl (C=O) groups excluding carboxylic acids is 1. The molecule has 1 aromatic heterocycles. The average molecular weight is 366 g/mol. The first kappa shape index (κ1) is 17.4. The van der Waals surface area contributed by atoms with Crippen LogP contribution in [-0.2, 0) is 10.9 Å². The Balaban J connectivity index is 2.32. The molecule has 1 aromatic carbocycles. The van der Waals surface area contributed by atoms with Gasteiger partial charge in [-0.3, -0.25) is 0 Å². The number of benzene rings is 1. The van der Waals surface area contributed by atoms with Crippen molar-refractivity contribution < 1.29 is 27.4 Å². The highest BCUT2D eigenvalue weighted by atomic mass is 35.5. The molecule has 1 heterocycles. The maximum absolute atomic E-state index is 12.6. The monoisotopic (exact) mass is 365 g/mol. The number of hydrogen-bond donors (Lipinski definition) is 0. The second-order valence-corrected chi connectivity index (χ2v) is 5.04. The van der Waals surface area contributed by atoms with E-state index < -0.39 is 17.7 Å². The fourth-order valence-electron chi connectivity index (χ4n) is 1.63. The van der Waals surface area contributed by atoms with E-state index in [0.717, 1.165) is 25.3 Å². The van der Waals surface area contributed by atoms with Gasteiger partial charge in [-0.05, 0) is 18.2 Å². The molecule has 9 heteroatoms. The zero-order chi connectivity index (χ0) is 17.2. The van der Waals surface area contributed by atoms with Crippen LogP contribution in [0, 0.1) is 0 Å². The van der Waals surface area contributed by atoms with Crippen LogP contribution in [-0.4, -0.2) is 18.1 Å². The van der Waals surface area contributed by atoms with Crippen LogP contribution in [0.2, 0.25) is 10.2 Å². The molecule has 0 aliphatic rings. The van der Waals surface area contributed by atoms with E-state index in [-0.39, 0.29) is 27.4 Å². The van der Waals surface area contributed by atoms with Gasteiger partial charge in [0.2, 0.25) is 0 Å². The Morgan fingerprint density at radius 3 is 2.43 bits per heavy atom. The van der Waals surface area contributed by atoms with Crippen molar-refractivity contribution in [1.82, 2.24) is 4.98 Å². The number of alkyl halides is 3. The molecule has 0 saturated carbocycles. The maximum Gasteiger partial charge on any atom is 0.416 e. The minimum Gasteiger partial charge on any atom is -0.464 e. The molecule has 0 radical (unpaired) electrons. The number of carbonyl (C=O) groups is 1. The summed E-state index contributed by atoms with van der Waals surface area (Å²) in [6, 6.07) is 5.14. The molecule has 2 aromatic rings. The van der Waals surface area contributed by atoms with Crippen LogP contribution in [0.25, 0.3) is 0 Å². The summed E-state index contributed by atoms with van der Waals surface area (Å²) in [5.41, 5.74) is -1.02. The highest BCUT2D eigenvalue weighted by Gasteiger charge is 2.31. The van der Waals surface area contributed by atoms with Gasteiger partial charge in [0.05, 0.1) is 17.7 Å². The maximum atomic E-state index is 12.6. The summed E-state index contributed by atoms with van der Waals surface area (Å²) in [6.45, 7) is 0. The number of rotatable bonds is 3. The van der Waals surface area contributed by atoms with Crippen molar-refractivity contribution in [2.45, 2.75) is 6.18 Å². The lowest BCUT2D eigenvalue weighted by Gasteiger charge is -2.11. The largest absolute Gasteiger partial charge is 0.464 e. The number of halogens is 5. The Bertz CT molecular complexity index is 751. The molecule has 0 unspecified atom stereocenters. The Labute approximate surface area is 138 Å². The molecule has 4 nitrogen and oxygen atoms in total. The lowest BCUT2D eigenvalue weighted by molar-refractivity contribution is -0.137. The van der Waals surface area contributed by atoms with E-state index in [1.807, 2.05) is 0 Å². The highest BCUT2D eigenvalue weighted by Crippen LogP contribution is 2.36. The quantitative estimate of drug-likeness (QED) is 0.568. The number of aromatic nitrogens is 1. The Kier molecular flexibility index (Phi) is 5.01. The van der Waals surface area contributed by atoms with Crippen molar-refractivity contribution in [3.63, 3.8) is 0 Å². The third-order valence-corrected chi connectivity index (χ3v) is 3.14. The fourth-order valence-corrected chi connectivity index (χ4v) is 2.05. The minimum absolute atomic E-state index is 0.0299. The van der Waals surface area contributed by atoms with Gasteiger partial charge in [0.1, 0.15) is 16.7 Å². The summed E-state index contributed by atoms with van der Waals surface area (Å²) in [6.07, 6.45) is -4.51. The van der Waals surface area contributed by atoms with E-state index in [4.69, 9.17) is 27.9 Å². The molecule has 0 aliphatic heterocycles. The second-order valence-electron chi connectivity index (χ2n) is 4.25. The van der Waals surface area contributed by atoms with Crippen molar-refractivity contribution in [2.75, 3.05) is 7.11 Å². The second kappa shape index (κ2) is 6.64. The standard InChI is InChI=1S/C14H8Cl2F3NO3/c1-22-13(21)10-5-8(6-12(16)20-10)23-11-3-2-7(4-9(11)15)14(17,18)19/h2-6H,1H3. The van der Waals surface area contributed by atoms with E-state index in [0.29, 0.717) is 0 Å². The number of pyridine rings is 1. The van der Waals surface area contributed by atoms with Gasteiger partial charge in [-0.2, -0.15) is 13.2 Å². The van der Waals surface area contributed by atoms with Crippen molar-refractivity contribution in [3.8, 4) is 11.5 Å². The summed E-state index contributed by atoms with van der Waals surface area (Å²) in [7, 11) is 1.16. The van der Waals surface area contributed by atoms with Crippen LogP contribution in [0.5, 0.6) is 11.5 Å². The topological polar surface area (TPSA) is 48.4 Å². The molecule has 2 rings (SSSR count). The van der Waals surface area contributed by atoms with E-state index in [2.05, 4.69) is 9.72 Å². The number of hydrogen-bond acceptors (Lipinski definition) is 4. The lowest BCUT2D eigenvalue weighted by atomic mass is 10.2. The van der Waals surface area contributed by atoms with E-state index >= 15 is 0 Å². The smallest absolute Gasteiger partial charge is 0.416 e. The van der Waals surface area contributed by atoms with Gasteiger partial charge in [0, 0.05) is 12.1 Å². The molecule has 23 heavy (non-hydrogen) atoms. The normalized spacial score (nSPS) is 11.2. The minimum atomic E-state index is -4.51. The van der Waals surface area contributed by atoms with Crippen LogP contribution >= 0.6 is 23.2 Å². The van der Waals surface area contributed by atoms with Crippen LogP contribution in [0.15, 0.2) is 30.3 Å². The van der Waals surface area contributed by atoms with Crippen LogP contribution in [0.3, 0.4) is 0 Å². The third-order valence-electron chi connectivity index (χ3n) is 2.65. The van der Waals surface area contributed by atoms with E-state index in [9.17, 15) is 18.0 Å². The van der Waals surface area contributed by atoms with E-state index in [1.54, 1.807) is 0 Å². The highest BCUT2D eigenvalue weighted by molar-refractivity contribution is 6.32. The summed E-state index contributed by atoms with van der Waals surface area (Å²) >= 11 is 11.6. The first-order valence-electron chi connectivity index (χ1n) is 6.01. The summed E-state index contributed by atoms with van der Waals surface area (Å²) in [5, 5.41) is -0.293. The van der Waals surface area contributed by atoms with Crippen LogP contribution in [0.4, 0.5) is 13.2 Å². The molecule has 122 valence electrons. The van der Waals surface area contributed by atoms with E-state index in [1.165, 1.54) is 12.1 Å². The predicted molar refractivity (Wildman–Crippen MR) is 77.1 cm³/mol. The first-order valence-corrected chi connectivity index (χ1v) is 6.77. The molecule has 0 aliphatic carbocycles. The molecular formula is C14H8Cl2F3NO3. The molecule has 0 spiro atoms. The predicted octanol–water partition coefficient (Wildman–Crippen LogP) is 4.99. The molecule has 0 bridgehead atoms. The zero-order valence-corrected chi connectivity index (χ0v) is 13.0. The molecular weight excluding hydrogens is 358 g/mol. The third kappa shape index (κ3) is 4.27. The van der Waals surface area contributed by atoms with Gasteiger partial charge in [-0.15, -0.1) is 0 Å². The Hall–Kier alpha value is -1.99. The van der Waals surface area contributed by atoms with Gasteiger partial charge < -0.3 is 9.47 Å².